The lowest BCUT2D eigenvalue weighted by Gasteiger charge is -2.34. The number of Topliss-reactive ketones (excluding diaryl/α,β-unsaturated/α-hetero) is 1. The number of nitrogens with one attached hydrogen (secondary N) is 1. The number of hydrogen-bond donors (Lipinski definition) is 1. The van der Waals surface area contributed by atoms with E-state index in [4.69, 9.17) is 4.74 Å². The van der Waals surface area contributed by atoms with Crippen molar-refractivity contribution in [1.82, 2.24) is 9.88 Å². The van der Waals surface area contributed by atoms with Gasteiger partial charge in [0.1, 0.15) is 5.75 Å². The Bertz CT molecular complexity index is 1030. The molecule has 1 amide bonds. The third kappa shape index (κ3) is 5.57. The van der Waals surface area contributed by atoms with E-state index in [0.29, 0.717) is 23.9 Å². The van der Waals surface area contributed by atoms with Crippen molar-refractivity contribution in [2.45, 2.75) is 38.8 Å². The summed E-state index contributed by atoms with van der Waals surface area (Å²) in [7, 11) is 0. The first-order chi connectivity index (χ1) is 15.1. The molecule has 1 aromatic carbocycles. The van der Waals surface area contributed by atoms with Gasteiger partial charge in [-0.1, -0.05) is 24.6 Å². The molecule has 2 aromatic heterocycles. The standard InChI is InChI=1S/C24H25N3O3S/c1-17(28)22-13-18(16-31-22)15-27-12-6-5-9-21(27)24(29)26-19-10-11-23(25-14-19)30-20-7-3-2-4-8-20/h2-4,7-8,10-11,13-14,16,21H,5-6,9,12,15H2,1H3,(H,26,29). The largest absolute Gasteiger partial charge is 0.439 e. The highest BCUT2D eigenvalue weighted by molar-refractivity contribution is 7.12. The maximum Gasteiger partial charge on any atom is 0.241 e. The Hall–Kier alpha value is -3.03. The fraction of sp³-hybridized carbons (Fsp3) is 0.292. The minimum absolute atomic E-state index is 0.0275. The Morgan fingerprint density at radius 1 is 1.19 bits per heavy atom. The Morgan fingerprint density at radius 3 is 2.74 bits per heavy atom. The van der Waals surface area contributed by atoms with Crippen molar-refractivity contribution in [3.63, 3.8) is 0 Å². The molecular formula is C24H25N3O3S. The molecule has 1 unspecified atom stereocenters. The molecule has 160 valence electrons. The Kier molecular flexibility index (Phi) is 6.74. The molecule has 31 heavy (non-hydrogen) atoms. The van der Waals surface area contributed by atoms with E-state index in [9.17, 15) is 9.59 Å². The third-order valence-corrected chi connectivity index (χ3v) is 6.35. The zero-order valence-corrected chi connectivity index (χ0v) is 18.2. The molecular weight excluding hydrogens is 410 g/mol. The van der Waals surface area contributed by atoms with Crippen molar-refractivity contribution >= 4 is 28.7 Å². The SMILES string of the molecule is CC(=O)c1cc(CN2CCCCC2C(=O)Nc2ccc(Oc3ccccc3)nc2)cs1. The number of nitrogens with zero attached hydrogens (tertiary/aromatic N) is 2. The summed E-state index contributed by atoms with van der Waals surface area (Å²) >= 11 is 1.46. The predicted molar refractivity (Wildman–Crippen MR) is 122 cm³/mol. The van der Waals surface area contributed by atoms with Crippen LogP contribution in [0.2, 0.25) is 0 Å². The van der Waals surface area contributed by atoms with Crippen LogP contribution in [0.5, 0.6) is 11.6 Å². The third-order valence-electron chi connectivity index (χ3n) is 5.27. The van der Waals surface area contributed by atoms with Crippen LogP contribution in [0.25, 0.3) is 0 Å². The van der Waals surface area contributed by atoms with Gasteiger partial charge < -0.3 is 10.1 Å². The second-order valence-electron chi connectivity index (χ2n) is 7.65. The van der Waals surface area contributed by atoms with Crippen LogP contribution in [0.1, 0.15) is 41.4 Å². The summed E-state index contributed by atoms with van der Waals surface area (Å²) in [4.78, 5) is 31.8. The number of amides is 1. The fourth-order valence-electron chi connectivity index (χ4n) is 3.70. The van der Waals surface area contributed by atoms with Gasteiger partial charge in [0.15, 0.2) is 5.78 Å². The maximum atomic E-state index is 13.0. The normalized spacial score (nSPS) is 16.6. The lowest BCUT2D eigenvalue weighted by molar-refractivity contribution is -0.122. The highest BCUT2D eigenvalue weighted by Crippen LogP contribution is 2.24. The number of piperidine rings is 1. The van der Waals surface area contributed by atoms with Crippen LogP contribution in [0.3, 0.4) is 0 Å². The number of ketones is 1. The number of carbonyl (C=O) groups is 2. The van der Waals surface area contributed by atoms with Crippen LogP contribution in [0, 0.1) is 0 Å². The Balaban J connectivity index is 1.38. The zero-order chi connectivity index (χ0) is 21.6. The molecule has 1 saturated heterocycles. The zero-order valence-electron chi connectivity index (χ0n) is 17.4. The number of thiophene rings is 1. The molecule has 4 rings (SSSR count). The molecule has 6 nitrogen and oxygen atoms in total. The first kappa shape index (κ1) is 21.2. The first-order valence-electron chi connectivity index (χ1n) is 10.4. The Labute approximate surface area is 185 Å². The van der Waals surface area contributed by atoms with Crippen LogP contribution in [-0.4, -0.2) is 34.2 Å². The second-order valence-corrected chi connectivity index (χ2v) is 8.56. The van der Waals surface area contributed by atoms with Gasteiger partial charge in [-0.25, -0.2) is 4.98 Å². The molecule has 1 aliphatic heterocycles. The van der Waals surface area contributed by atoms with E-state index in [1.165, 1.54) is 11.3 Å². The summed E-state index contributed by atoms with van der Waals surface area (Å²) in [6.07, 6.45) is 4.53. The molecule has 3 aromatic rings. The minimum Gasteiger partial charge on any atom is -0.439 e. The number of carbonyl (C=O) groups excluding carboxylic acids is 2. The number of anilines is 1. The maximum absolute atomic E-state index is 13.0. The molecule has 7 heteroatoms. The van der Waals surface area contributed by atoms with Crippen LogP contribution in [0.15, 0.2) is 60.1 Å². The number of para-hydroxylation sites is 1. The summed E-state index contributed by atoms with van der Waals surface area (Å²) in [5.41, 5.74) is 1.73. The van der Waals surface area contributed by atoms with Crippen LogP contribution in [0.4, 0.5) is 5.69 Å². The molecule has 0 spiro atoms. The van der Waals surface area contributed by atoms with Crippen molar-refractivity contribution in [2.24, 2.45) is 0 Å². The predicted octanol–water partition coefficient (Wildman–Crippen LogP) is 5.13. The lowest BCUT2D eigenvalue weighted by Crippen LogP contribution is -2.46. The molecule has 1 fully saturated rings. The van der Waals surface area contributed by atoms with E-state index < -0.39 is 0 Å². The molecule has 0 bridgehead atoms. The average Bonchev–Trinajstić information content (AvgIpc) is 3.25. The van der Waals surface area contributed by atoms with Crippen molar-refractivity contribution in [1.29, 1.82) is 0 Å². The van der Waals surface area contributed by atoms with E-state index in [1.807, 2.05) is 41.8 Å². The van der Waals surface area contributed by atoms with Crippen molar-refractivity contribution < 1.29 is 14.3 Å². The second kappa shape index (κ2) is 9.85. The van der Waals surface area contributed by atoms with E-state index in [2.05, 4.69) is 15.2 Å². The monoisotopic (exact) mass is 435 g/mol. The van der Waals surface area contributed by atoms with Gasteiger partial charge in [-0.3, -0.25) is 14.5 Å². The number of benzene rings is 1. The van der Waals surface area contributed by atoms with Gasteiger partial charge in [-0.2, -0.15) is 0 Å². The number of pyridine rings is 1. The molecule has 1 aliphatic rings. The fourth-order valence-corrected chi connectivity index (χ4v) is 4.51. The average molecular weight is 436 g/mol. The number of rotatable bonds is 7. The molecule has 0 aliphatic carbocycles. The van der Waals surface area contributed by atoms with E-state index >= 15 is 0 Å². The summed E-state index contributed by atoms with van der Waals surface area (Å²) < 4.78 is 5.70. The van der Waals surface area contributed by atoms with Gasteiger partial charge in [0, 0.05) is 12.6 Å². The smallest absolute Gasteiger partial charge is 0.241 e. The topological polar surface area (TPSA) is 71.5 Å². The molecule has 3 heterocycles. The van der Waals surface area contributed by atoms with Gasteiger partial charge in [0.05, 0.1) is 22.8 Å². The van der Waals surface area contributed by atoms with Crippen molar-refractivity contribution in [2.75, 3.05) is 11.9 Å². The first-order valence-corrected chi connectivity index (χ1v) is 11.3. The molecule has 1 atom stereocenters. The number of ether oxygens (including phenoxy) is 1. The van der Waals surface area contributed by atoms with Crippen LogP contribution in [-0.2, 0) is 11.3 Å². The number of hydrogen-bond acceptors (Lipinski definition) is 6. The summed E-state index contributed by atoms with van der Waals surface area (Å²) in [5.74, 6) is 1.24. The Morgan fingerprint density at radius 2 is 2.03 bits per heavy atom. The van der Waals surface area contributed by atoms with Crippen LogP contribution < -0.4 is 10.1 Å². The molecule has 1 N–H and O–H groups in total. The van der Waals surface area contributed by atoms with Gasteiger partial charge in [-0.05, 0) is 61.5 Å². The van der Waals surface area contributed by atoms with Crippen molar-refractivity contribution in [3.8, 4) is 11.6 Å². The highest BCUT2D eigenvalue weighted by atomic mass is 32.1. The molecule has 0 saturated carbocycles. The van der Waals surface area contributed by atoms with Gasteiger partial charge in [-0.15, -0.1) is 11.3 Å². The molecule has 0 radical (unpaired) electrons. The quantitative estimate of drug-likeness (QED) is 0.521. The van der Waals surface area contributed by atoms with E-state index in [1.54, 1.807) is 25.3 Å². The van der Waals surface area contributed by atoms with E-state index in [-0.39, 0.29) is 17.7 Å². The van der Waals surface area contributed by atoms with Crippen LogP contribution >= 0.6 is 11.3 Å². The summed E-state index contributed by atoms with van der Waals surface area (Å²) in [5, 5.41) is 5.00. The summed E-state index contributed by atoms with van der Waals surface area (Å²) in [6, 6.07) is 14.7. The number of likely N-dealkylation sites (tertiary alicyclic amines) is 1. The van der Waals surface area contributed by atoms with Gasteiger partial charge in [0.2, 0.25) is 11.8 Å². The lowest BCUT2D eigenvalue weighted by atomic mass is 10.0. The number of aromatic nitrogens is 1. The summed E-state index contributed by atoms with van der Waals surface area (Å²) in [6.45, 7) is 3.12. The van der Waals surface area contributed by atoms with Crippen molar-refractivity contribution in [3.05, 3.63) is 70.5 Å². The van der Waals surface area contributed by atoms with Gasteiger partial charge in [0.25, 0.3) is 0 Å². The van der Waals surface area contributed by atoms with E-state index in [0.717, 1.165) is 36.2 Å². The highest BCUT2D eigenvalue weighted by Gasteiger charge is 2.29. The minimum atomic E-state index is -0.199. The van der Waals surface area contributed by atoms with Gasteiger partial charge >= 0.3 is 0 Å².